The van der Waals surface area contributed by atoms with Crippen LogP contribution in [0, 0.1) is 78.4 Å². The summed E-state index contributed by atoms with van der Waals surface area (Å²) in [5, 5.41) is 46.6. The summed E-state index contributed by atoms with van der Waals surface area (Å²) < 4.78 is 88.2. The van der Waals surface area contributed by atoms with Gasteiger partial charge >= 0.3 is 30.4 Å². The van der Waals surface area contributed by atoms with E-state index in [2.05, 4.69) is 33.7 Å². The van der Waals surface area contributed by atoms with E-state index in [1.54, 1.807) is 53.5 Å². The first-order valence-corrected chi connectivity index (χ1v) is 32.4. The number of carbonyl (C=O) groups is 1. The fraction of sp³-hybridized carbons (Fsp3) is 0.271. The van der Waals surface area contributed by atoms with Crippen molar-refractivity contribution in [3.63, 3.8) is 0 Å². The number of benzene rings is 4. The van der Waals surface area contributed by atoms with Gasteiger partial charge in [-0.15, -0.1) is 0 Å². The summed E-state index contributed by atoms with van der Waals surface area (Å²) in [6.45, 7) is 13.3. The summed E-state index contributed by atoms with van der Waals surface area (Å²) in [7, 11) is -11.8. The highest BCUT2D eigenvalue weighted by molar-refractivity contribution is 8.18. The number of oxime groups is 3. The van der Waals surface area contributed by atoms with Gasteiger partial charge in [-0.25, -0.2) is 0 Å². The molecule has 418 valence electrons. The van der Waals surface area contributed by atoms with Crippen molar-refractivity contribution in [2.24, 2.45) is 32.2 Å². The molecule has 0 spiro atoms. The number of thioether (sulfide) groups is 3. The molecular formula is C59H56N6O10S6. The highest BCUT2D eigenvalue weighted by atomic mass is 32.2. The Hall–Kier alpha value is -7.23. The van der Waals surface area contributed by atoms with Gasteiger partial charge in [0.1, 0.15) is 49.8 Å². The van der Waals surface area contributed by atoms with Gasteiger partial charge in [0.2, 0.25) is 0 Å². The van der Waals surface area contributed by atoms with Crippen LogP contribution in [0.15, 0.2) is 169 Å². The number of ketones is 1. The highest BCUT2D eigenvalue weighted by Gasteiger charge is 2.65. The molecule has 2 bridgehead atoms. The second-order valence-electron chi connectivity index (χ2n) is 19.7. The Balaban J connectivity index is 0.000000177. The number of Topliss-reactive ketones (excluding diaryl/α,β-unsaturated/α-hetero) is 1. The normalized spacial score (nSPS) is 22.0. The maximum atomic E-state index is 12.8. The molecule has 2 fully saturated rings. The summed E-state index contributed by atoms with van der Waals surface area (Å²) in [5.74, 6) is -0.224. The number of carbonyl (C=O) groups excluding carboxylic acids is 1. The maximum Gasteiger partial charge on any atom is 0.358 e. The van der Waals surface area contributed by atoms with Gasteiger partial charge in [-0.05, 0) is 138 Å². The van der Waals surface area contributed by atoms with Crippen molar-refractivity contribution in [3.8, 4) is 18.2 Å². The summed E-state index contributed by atoms with van der Waals surface area (Å²) >= 11 is 3.62. The quantitative estimate of drug-likeness (QED) is 0.0840. The predicted molar refractivity (Wildman–Crippen MR) is 322 cm³/mol. The van der Waals surface area contributed by atoms with Crippen LogP contribution in [0.25, 0.3) is 16.7 Å². The van der Waals surface area contributed by atoms with Crippen molar-refractivity contribution in [2.45, 2.75) is 79.0 Å². The zero-order valence-corrected chi connectivity index (χ0v) is 50.1. The summed E-state index contributed by atoms with van der Waals surface area (Å²) in [5.41, 5.74) is 7.72. The largest absolute Gasteiger partial charge is 0.358 e. The molecule has 2 saturated carbocycles. The fourth-order valence-electron chi connectivity index (χ4n) is 9.78. The Morgan fingerprint density at radius 3 is 1.35 bits per heavy atom. The smallest absolute Gasteiger partial charge is 0.299 e. The van der Waals surface area contributed by atoms with Crippen molar-refractivity contribution in [2.75, 3.05) is 11.5 Å². The van der Waals surface area contributed by atoms with Gasteiger partial charge in [0.25, 0.3) is 0 Å². The molecule has 2 unspecified atom stereocenters. The monoisotopic (exact) mass is 1200 g/mol. The molecule has 0 saturated heterocycles. The van der Waals surface area contributed by atoms with E-state index < -0.39 is 35.8 Å². The van der Waals surface area contributed by atoms with Crippen molar-refractivity contribution in [1.82, 2.24) is 0 Å². The van der Waals surface area contributed by atoms with Gasteiger partial charge in [-0.1, -0.05) is 162 Å². The Labute approximate surface area is 486 Å². The predicted octanol–water partition coefficient (Wildman–Crippen LogP) is 12.8. The van der Waals surface area contributed by atoms with Gasteiger partial charge < -0.3 is 0 Å². The van der Waals surface area contributed by atoms with Crippen molar-refractivity contribution < 1.29 is 42.9 Å². The molecule has 4 aromatic rings. The average Bonchev–Trinajstić information content (AvgIpc) is 4.48. The van der Waals surface area contributed by atoms with Crippen LogP contribution in [0.5, 0.6) is 0 Å². The van der Waals surface area contributed by atoms with E-state index in [1.807, 2.05) is 114 Å². The van der Waals surface area contributed by atoms with Crippen molar-refractivity contribution in [1.29, 1.82) is 15.8 Å². The van der Waals surface area contributed by atoms with E-state index in [4.69, 9.17) is 12.9 Å². The van der Waals surface area contributed by atoms with Gasteiger partial charge in [0.05, 0.1) is 27.9 Å². The van der Waals surface area contributed by atoms with Crippen LogP contribution in [0.3, 0.4) is 0 Å². The van der Waals surface area contributed by atoms with Crippen molar-refractivity contribution >= 4 is 103 Å². The third kappa shape index (κ3) is 14.1. The number of allylic oxidation sites excluding steroid dienone is 6. The van der Waals surface area contributed by atoms with E-state index in [0.717, 1.165) is 45.4 Å². The first kappa shape index (κ1) is 61.4. The second-order valence-corrected chi connectivity index (χ2v) is 27.2. The first-order chi connectivity index (χ1) is 38.5. The highest BCUT2D eigenvalue weighted by Crippen LogP contribution is 2.64. The van der Waals surface area contributed by atoms with Crippen LogP contribution in [0.4, 0.5) is 0 Å². The summed E-state index contributed by atoms with van der Waals surface area (Å²) in [6, 6.07) is 35.4. The Morgan fingerprint density at radius 2 is 0.988 bits per heavy atom. The molecular weight excluding hydrogens is 1150 g/mol. The standard InChI is InChI=1S/C23H24N2O4S2.C20H16N2O3S2.C16H16N2O3S2/c1-15-6-4-5-7-17(15)19(13-24)18-9-11-30-21(18)25-29-31(27,28)14-23-10-8-16(12-20(23)26)22(23,2)3;1-14-7-9-16(10-8-14)27(23,24)25-22-20-18(11-12-26-20)19(13-21)17-6-4-3-5-15(17)2;1-3-10-23(19,20)21-18-16-14(8-9-22-16)15(11-17)13-7-5-4-6-12(13)2/h4-7,9,11,16H,8,10,12,14H2,1-3H3;3-12H,1-2H3;4-9H,3,10H2,1-2H3/b19-18+,25-21-;19-18+,22-20-;15-14+,18-16-. The molecule has 0 aromatic heterocycles. The molecule has 0 radical (unpaired) electrons. The lowest BCUT2D eigenvalue weighted by molar-refractivity contribution is -0.128. The van der Waals surface area contributed by atoms with Crippen LogP contribution in [-0.4, -0.2) is 57.7 Å². The molecule has 22 heteroatoms. The van der Waals surface area contributed by atoms with E-state index >= 15 is 0 Å². The molecule has 2 atom stereocenters. The van der Waals surface area contributed by atoms with Crippen LogP contribution < -0.4 is 0 Å². The van der Waals surface area contributed by atoms with E-state index in [9.17, 15) is 45.8 Å². The molecule has 3 heterocycles. The van der Waals surface area contributed by atoms with Gasteiger partial charge in [0, 0.05) is 23.1 Å². The lowest BCUT2D eigenvalue weighted by Crippen LogP contribution is -2.42. The first-order valence-electron chi connectivity index (χ1n) is 25.2. The third-order valence-corrected chi connectivity index (χ3v) is 20.2. The second kappa shape index (κ2) is 26.1. The minimum absolute atomic E-state index is 0.0115. The molecule has 0 amide bonds. The maximum absolute atomic E-state index is 12.8. The molecule has 4 aromatic carbocycles. The van der Waals surface area contributed by atoms with Gasteiger partial charge in [-0.2, -0.15) is 41.0 Å². The molecule has 2 aliphatic carbocycles. The molecule has 81 heavy (non-hydrogen) atoms. The molecule has 0 N–H and O–H groups in total. The van der Waals surface area contributed by atoms with Crippen molar-refractivity contribution in [3.05, 3.63) is 187 Å². The summed E-state index contributed by atoms with van der Waals surface area (Å²) in [6.07, 6.45) is 7.52. The number of aryl methyl sites for hydroxylation is 4. The van der Waals surface area contributed by atoms with Crippen LogP contribution in [0.2, 0.25) is 0 Å². The van der Waals surface area contributed by atoms with E-state index in [1.165, 1.54) is 47.4 Å². The Bertz CT molecular complexity index is 3930. The van der Waals surface area contributed by atoms with Crippen LogP contribution in [0.1, 0.15) is 85.4 Å². The zero-order chi connectivity index (χ0) is 58.8. The minimum Gasteiger partial charge on any atom is -0.299 e. The number of nitrogens with zero attached hydrogens (tertiary/aromatic N) is 6. The van der Waals surface area contributed by atoms with Gasteiger partial charge in [0.15, 0.2) is 0 Å². The lowest BCUT2D eigenvalue weighted by atomic mass is 9.70. The van der Waals surface area contributed by atoms with E-state index in [-0.39, 0.29) is 33.5 Å². The van der Waals surface area contributed by atoms with E-state index in [0.29, 0.717) is 67.8 Å². The fourth-order valence-corrected chi connectivity index (χ4v) is 15.1. The Kier molecular flexibility index (Phi) is 19.8. The summed E-state index contributed by atoms with van der Waals surface area (Å²) in [4.78, 5) is 12.7. The van der Waals surface area contributed by atoms with Crippen LogP contribution >= 0.6 is 35.3 Å². The number of nitriles is 3. The molecule has 5 aliphatic rings. The number of hydrogen-bond acceptors (Lipinski definition) is 19. The number of rotatable bonds is 14. The van der Waals surface area contributed by atoms with Gasteiger partial charge in [-0.3, -0.25) is 17.6 Å². The average molecular weight is 1200 g/mol. The lowest BCUT2D eigenvalue weighted by Gasteiger charge is -2.35. The zero-order valence-electron chi connectivity index (χ0n) is 45.2. The molecule has 16 nitrogen and oxygen atoms in total. The molecule has 9 rings (SSSR count). The molecule has 3 aliphatic heterocycles. The number of hydrogen-bond donors (Lipinski definition) is 0. The minimum atomic E-state index is -4.08. The third-order valence-electron chi connectivity index (χ3n) is 14.3. The number of fused-ring (bicyclic) bond motifs is 2. The SMILES string of the molecule is CCCS(=O)(=O)O/N=C1\SC=C\C1=C(\C#N)c1ccccc1C.Cc1ccc(S(=O)(=O)O/N=C2\SC=C\C2=C(\C#N)c2ccccc2C)cc1.Cc1ccccc1/C(C#N)=C1\C=CS\C1=N/OS(=O)(=O)CC12CCC(CC1=O)C2(C)C. The Morgan fingerprint density at radius 1 is 0.593 bits per heavy atom. The van der Waals surface area contributed by atoms with Crippen LogP contribution in [-0.2, 0) is 48.0 Å². The topological polar surface area (TPSA) is 256 Å².